The lowest BCUT2D eigenvalue weighted by molar-refractivity contribution is -0.125. The third-order valence-electron chi connectivity index (χ3n) is 2.20. The number of hydrogen-bond acceptors (Lipinski definition) is 3. The first-order valence-electron chi connectivity index (χ1n) is 6.18. The quantitative estimate of drug-likeness (QED) is 0.891. The maximum Gasteiger partial charge on any atom is 0.250 e. The highest BCUT2D eigenvalue weighted by atomic mass is 19.1. The molecule has 1 aromatic carbocycles. The highest BCUT2D eigenvalue weighted by molar-refractivity contribution is 5.94. The van der Waals surface area contributed by atoms with Gasteiger partial charge in [-0.2, -0.15) is 0 Å². The number of rotatable bonds is 4. The molecule has 5 nitrogen and oxygen atoms in total. The average molecular weight is 282 g/mol. The van der Waals surface area contributed by atoms with Crippen LogP contribution in [0.15, 0.2) is 18.2 Å². The molecule has 1 rings (SSSR count). The summed E-state index contributed by atoms with van der Waals surface area (Å²) in [6.07, 6.45) is 0. The van der Waals surface area contributed by atoms with Gasteiger partial charge < -0.3 is 15.4 Å². The van der Waals surface area contributed by atoms with Crippen LogP contribution in [0.1, 0.15) is 27.7 Å². The van der Waals surface area contributed by atoms with Crippen LogP contribution in [-0.2, 0) is 14.3 Å². The van der Waals surface area contributed by atoms with Crippen molar-refractivity contribution in [2.75, 3.05) is 17.2 Å². The monoisotopic (exact) mass is 282 g/mol. The van der Waals surface area contributed by atoms with Crippen molar-refractivity contribution in [1.29, 1.82) is 0 Å². The molecule has 20 heavy (non-hydrogen) atoms. The largest absolute Gasteiger partial charge is 0.366 e. The molecule has 2 amide bonds. The summed E-state index contributed by atoms with van der Waals surface area (Å²) in [6.45, 7) is 6.70. The van der Waals surface area contributed by atoms with Crippen LogP contribution >= 0.6 is 0 Å². The first-order valence-corrected chi connectivity index (χ1v) is 6.18. The summed E-state index contributed by atoms with van der Waals surface area (Å²) in [7, 11) is 0. The van der Waals surface area contributed by atoms with Gasteiger partial charge in [0, 0.05) is 12.6 Å². The number of halogens is 1. The molecule has 0 atom stereocenters. The van der Waals surface area contributed by atoms with Crippen molar-refractivity contribution in [3.63, 3.8) is 0 Å². The van der Waals surface area contributed by atoms with E-state index in [-0.39, 0.29) is 24.1 Å². The summed E-state index contributed by atoms with van der Waals surface area (Å²) in [5, 5.41) is 4.92. The van der Waals surface area contributed by atoms with Gasteiger partial charge in [0.25, 0.3) is 0 Å². The number of carbonyl (C=O) groups is 2. The minimum absolute atomic E-state index is 0.0204. The predicted molar refractivity (Wildman–Crippen MR) is 75.0 cm³/mol. The maximum atomic E-state index is 13.4. The number of nitrogens with one attached hydrogen (secondary N) is 2. The number of carbonyl (C=O) groups excluding carboxylic acids is 2. The van der Waals surface area contributed by atoms with Gasteiger partial charge in [0.15, 0.2) is 0 Å². The van der Waals surface area contributed by atoms with E-state index in [4.69, 9.17) is 4.74 Å². The van der Waals surface area contributed by atoms with Gasteiger partial charge in [-0.15, -0.1) is 0 Å². The van der Waals surface area contributed by atoms with E-state index in [1.165, 1.54) is 25.1 Å². The van der Waals surface area contributed by atoms with Crippen molar-refractivity contribution >= 4 is 23.2 Å². The van der Waals surface area contributed by atoms with Crippen LogP contribution in [0.3, 0.4) is 0 Å². The van der Waals surface area contributed by atoms with E-state index in [0.29, 0.717) is 5.69 Å². The molecule has 0 aromatic heterocycles. The van der Waals surface area contributed by atoms with Gasteiger partial charge in [-0.05, 0) is 39.0 Å². The molecule has 110 valence electrons. The van der Waals surface area contributed by atoms with Gasteiger partial charge >= 0.3 is 0 Å². The molecular weight excluding hydrogens is 263 g/mol. The van der Waals surface area contributed by atoms with Crippen LogP contribution in [0.25, 0.3) is 0 Å². The van der Waals surface area contributed by atoms with Gasteiger partial charge in [0.1, 0.15) is 12.4 Å². The summed E-state index contributed by atoms with van der Waals surface area (Å²) < 4.78 is 18.7. The highest BCUT2D eigenvalue weighted by Gasteiger charge is 2.13. The molecule has 0 unspecified atom stereocenters. The number of amides is 2. The Labute approximate surface area is 117 Å². The van der Waals surface area contributed by atoms with E-state index in [9.17, 15) is 14.0 Å². The molecule has 0 aliphatic heterocycles. The van der Waals surface area contributed by atoms with Crippen LogP contribution in [0, 0.1) is 5.82 Å². The van der Waals surface area contributed by atoms with Crippen molar-refractivity contribution in [1.82, 2.24) is 0 Å². The van der Waals surface area contributed by atoms with Gasteiger partial charge in [0.2, 0.25) is 11.8 Å². The standard InChI is InChI=1S/C14H19FN2O3/c1-9(18)16-12-7-10(5-6-11(12)15)17-13(19)8-20-14(2,3)4/h5-7H,8H2,1-4H3,(H,16,18)(H,17,19). The molecule has 0 radical (unpaired) electrons. The lowest BCUT2D eigenvalue weighted by atomic mass is 10.2. The lowest BCUT2D eigenvalue weighted by Gasteiger charge is -2.19. The van der Waals surface area contributed by atoms with Crippen molar-refractivity contribution in [3.05, 3.63) is 24.0 Å². The Morgan fingerprint density at radius 2 is 1.90 bits per heavy atom. The van der Waals surface area contributed by atoms with E-state index >= 15 is 0 Å². The zero-order chi connectivity index (χ0) is 15.3. The fourth-order valence-corrected chi connectivity index (χ4v) is 1.37. The van der Waals surface area contributed by atoms with Gasteiger partial charge in [-0.25, -0.2) is 4.39 Å². The van der Waals surface area contributed by atoms with Crippen LogP contribution in [-0.4, -0.2) is 24.0 Å². The summed E-state index contributed by atoms with van der Waals surface area (Å²) >= 11 is 0. The molecule has 0 fully saturated rings. The summed E-state index contributed by atoms with van der Waals surface area (Å²) in [4.78, 5) is 22.6. The Morgan fingerprint density at radius 3 is 2.45 bits per heavy atom. The highest BCUT2D eigenvalue weighted by Crippen LogP contribution is 2.19. The summed E-state index contributed by atoms with van der Waals surface area (Å²) in [6, 6.07) is 3.94. The first kappa shape index (κ1) is 16.1. The second-order valence-electron chi connectivity index (χ2n) is 5.33. The molecule has 1 aromatic rings. The molecule has 0 aliphatic rings. The summed E-state index contributed by atoms with van der Waals surface area (Å²) in [5.41, 5.74) is -0.00807. The van der Waals surface area contributed by atoms with E-state index < -0.39 is 11.4 Å². The second-order valence-corrected chi connectivity index (χ2v) is 5.33. The second kappa shape index (κ2) is 6.47. The summed E-state index contributed by atoms with van der Waals surface area (Å²) in [5.74, 6) is -1.30. The predicted octanol–water partition coefficient (Wildman–Crippen LogP) is 2.54. The van der Waals surface area contributed by atoms with Crippen molar-refractivity contribution < 1.29 is 18.7 Å². The van der Waals surface area contributed by atoms with Gasteiger partial charge in [0.05, 0.1) is 11.3 Å². The fraction of sp³-hybridized carbons (Fsp3) is 0.429. The van der Waals surface area contributed by atoms with Crippen molar-refractivity contribution in [2.45, 2.75) is 33.3 Å². The fourth-order valence-electron chi connectivity index (χ4n) is 1.37. The minimum atomic E-state index is -0.566. The van der Waals surface area contributed by atoms with Gasteiger partial charge in [-0.3, -0.25) is 9.59 Å². The third kappa shape index (κ3) is 5.79. The Kier molecular flexibility index (Phi) is 5.21. The van der Waals surface area contributed by atoms with E-state index in [1.807, 2.05) is 20.8 Å². The minimum Gasteiger partial charge on any atom is -0.366 e. The molecule has 6 heteroatoms. The Hall–Kier alpha value is -1.95. The molecule has 0 heterocycles. The smallest absolute Gasteiger partial charge is 0.250 e. The molecule has 0 aliphatic carbocycles. The van der Waals surface area contributed by atoms with Crippen LogP contribution < -0.4 is 10.6 Å². The van der Waals surface area contributed by atoms with Crippen LogP contribution in [0.2, 0.25) is 0 Å². The molecule has 0 bridgehead atoms. The number of benzene rings is 1. The SMILES string of the molecule is CC(=O)Nc1cc(NC(=O)COC(C)(C)C)ccc1F. The van der Waals surface area contributed by atoms with Crippen molar-refractivity contribution in [3.8, 4) is 0 Å². The van der Waals surface area contributed by atoms with E-state index in [1.54, 1.807) is 0 Å². The van der Waals surface area contributed by atoms with Crippen LogP contribution in [0.5, 0.6) is 0 Å². The van der Waals surface area contributed by atoms with Crippen molar-refractivity contribution in [2.24, 2.45) is 0 Å². The molecule has 2 N–H and O–H groups in total. The van der Waals surface area contributed by atoms with Gasteiger partial charge in [-0.1, -0.05) is 0 Å². The number of ether oxygens (including phenoxy) is 1. The zero-order valence-electron chi connectivity index (χ0n) is 12.0. The van der Waals surface area contributed by atoms with E-state index in [2.05, 4.69) is 10.6 Å². The third-order valence-corrected chi connectivity index (χ3v) is 2.20. The Morgan fingerprint density at radius 1 is 1.25 bits per heavy atom. The average Bonchev–Trinajstić information content (AvgIpc) is 2.29. The normalized spacial score (nSPS) is 11.1. The maximum absolute atomic E-state index is 13.4. The molecule has 0 spiro atoms. The Bertz CT molecular complexity index is 510. The molecular formula is C14H19FN2O3. The number of anilines is 2. The van der Waals surface area contributed by atoms with E-state index in [0.717, 1.165) is 0 Å². The van der Waals surface area contributed by atoms with Crippen LogP contribution in [0.4, 0.5) is 15.8 Å². The zero-order valence-corrected chi connectivity index (χ0v) is 12.0. The molecule has 0 saturated heterocycles. The lowest BCUT2D eigenvalue weighted by Crippen LogP contribution is -2.27. The molecule has 0 saturated carbocycles. The number of hydrogen-bond donors (Lipinski definition) is 2. The first-order chi connectivity index (χ1) is 9.17. The topological polar surface area (TPSA) is 67.4 Å². The Balaban J connectivity index is 2.68.